The average Bonchev–Trinajstić information content (AvgIpc) is 2.05. The fourth-order valence-electron chi connectivity index (χ4n) is 0.359. The van der Waals surface area contributed by atoms with Crippen LogP contribution in [0.15, 0.2) is 23.8 Å². The standard InChI is InChI=1S/C7H12.C4H10/c1-4-6-7(3)5-2;1-3-4-2/h4-6H,1-3H3;3-4H2,1-2H3/b6-4-,7-5-;. The van der Waals surface area contributed by atoms with Crippen molar-refractivity contribution >= 4 is 0 Å². The van der Waals surface area contributed by atoms with Gasteiger partial charge in [-0.2, -0.15) is 0 Å². The predicted molar refractivity (Wildman–Crippen MR) is 54.8 cm³/mol. The number of hydrogen-bond donors (Lipinski definition) is 0. The second-order valence-corrected chi connectivity index (χ2v) is 2.53. The minimum atomic E-state index is 1.32. The maximum Gasteiger partial charge on any atom is -0.0401 e. The molecule has 0 aliphatic carbocycles. The van der Waals surface area contributed by atoms with Crippen LogP contribution < -0.4 is 0 Å². The van der Waals surface area contributed by atoms with E-state index >= 15 is 0 Å². The molecule has 0 aliphatic rings. The molecule has 0 bridgehead atoms. The molecule has 0 aromatic heterocycles. The van der Waals surface area contributed by atoms with Crippen molar-refractivity contribution in [1.82, 2.24) is 0 Å². The summed E-state index contributed by atoms with van der Waals surface area (Å²) < 4.78 is 0. The van der Waals surface area contributed by atoms with E-state index in [2.05, 4.69) is 32.9 Å². The lowest BCUT2D eigenvalue weighted by Crippen LogP contribution is -1.60. The lowest BCUT2D eigenvalue weighted by Gasteiger charge is -1.81. The molecule has 0 saturated heterocycles. The normalized spacial score (nSPS) is 11.2. The Morgan fingerprint density at radius 1 is 1.09 bits per heavy atom. The van der Waals surface area contributed by atoms with Gasteiger partial charge in [0.15, 0.2) is 0 Å². The van der Waals surface area contributed by atoms with Crippen molar-refractivity contribution in [3.63, 3.8) is 0 Å². The van der Waals surface area contributed by atoms with Crippen molar-refractivity contribution in [2.75, 3.05) is 0 Å². The molecule has 0 fully saturated rings. The SMILES string of the molecule is C/C=C\C(C)=C/C.CCCC. The monoisotopic (exact) mass is 154 g/mol. The molecule has 0 nitrogen and oxygen atoms in total. The van der Waals surface area contributed by atoms with Gasteiger partial charge >= 0.3 is 0 Å². The van der Waals surface area contributed by atoms with Crippen LogP contribution >= 0.6 is 0 Å². The smallest absolute Gasteiger partial charge is 0.0401 e. The zero-order chi connectivity index (χ0) is 9.11. The molecule has 66 valence electrons. The van der Waals surface area contributed by atoms with E-state index in [1.807, 2.05) is 19.9 Å². The minimum absolute atomic E-state index is 1.32. The molecule has 0 heteroatoms. The second kappa shape index (κ2) is 12.2. The van der Waals surface area contributed by atoms with Crippen LogP contribution in [0.4, 0.5) is 0 Å². The average molecular weight is 154 g/mol. The quantitative estimate of drug-likeness (QED) is 0.519. The molecule has 0 atom stereocenters. The Kier molecular flexibility index (Phi) is 14.5. The van der Waals surface area contributed by atoms with E-state index in [1.165, 1.54) is 18.4 Å². The van der Waals surface area contributed by atoms with Gasteiger partial charge in [0, 0.05) is 0 Å². The Labute approximate surface area is 72.0 Å². The van der Waals surface area contributed by atoms with E-state index in [4.69, 9.17) is 0 Å². The Morgan fingerprint density at radius 2 is 1.55 bits per heavy atom. The van der Waals surface area contributed by atoms with Gasteiger partial charge in [0.25, 0.3) is 0 Å². The summed E-state index contributed by atoms with van der Waals surface area (Å²) in [4.78, 5) is 0. The van der Waals surface area contributed by atoms with E-state index in [1.54, 1.807) is 0 Å². The summed E-state index contributed by atoms with van der Waals surface area (Å²) in [5.74, 6) is 0. The second-order valence-electron chi connectivity index (χ2n) is 2.53. The third-order valence-corrected chi connectivity index (χ3v) is 1.38. The maximum absolute atomic E-state index is 2.18. The van der Waals surface area contributed by atoms with Gasteiger partial charge in [-0.3, -0.25) is 0 Å². The summed E-state index contributed by atoms with van der Waals surface area (Å²) in [6, 6.07) is 0. The van der Waals surface area contributed by atoms with Crippen molar-refractivity contribution in [2.45, 2.75) is 47.5 Å². The Morgan fingerprint density at radius 3 is 1.64 bits per heavy atom. The minimum Gasteiger partial charge on any atom is -0.0874 e. The molecule has 0 amide bonds. The van der Waals surface area contributed by atoms with Crippen LogP contribution in [-0.2, 0) is 0 Å². The lowest BCUT2D eigenvalue weighted by molar-refractivity contribution is 0.886. The van der Waals surface area contributed by atoms with Crippen molar-refractivity contribution in [3.05, 3.63) is 23.8 Å². The van der Waals surface area contributed by atoms with E-state index in [-0.39, 0.29) is 0 Å². The fraction of sp³-hybridized carbons (Fsp3) is 0.636. The molecule has 0 saturated carbocycles. The summed E-state index contributed by atoms with van der Waals surface area (Å²) in [6.07, 6.45) is 8.84. The molecule has 0 spiro atoms. The molecule has 0 N–H and O–H groups in total. The third kappa shape index (κ3) is 17.7. The van der Waals surface area contributed by atoms with Crippen LogP contribution in [0.25, 0.3) is 0 Å². The van der Waals surface area contributed by atoms with Gasteiger partial charge in [-0.1, -0.05) is 50.5 Å². The molecule has 0 aliphatic heterocycles. The van der Waals surface area contributed by atoms with Crippen molar-refractivity contribution in [2.24, 2.45) is 0 Å². The van der Waals surface area contributed by atoms with Gasteiger partial charge in [0.05, 0.1) is 0 Å². The van der Waals surface area contributed by atoms with Crippen LogP contribution in [0, 0.1) is 0 Å². The molecule has 0 rings (SSSR count). The van der Waals surface area contributed by atoms with Gasteiger partial charge in [-0.25, -0.2) is 0 Å². The largest absolute Gasteiger partial charge is 0.0874 e. The van der Waals surface area contributed by atoms with Gasteiger partial charge in [0.1, 0.15) is 0 Å². The van der Waals surface area contributed by atoms with Gasteiger partial charge < -0.3 is 0 Å². The molecule has 0 aromatic carbocycles. The zero-order valence-electron chi connectivity index (χ0n) is 8.65. The Bertz CT molecular complexity index is 105. The zero-order valence-corrected chi connectivity index (χ0v) is 8.65. The molecule has 0 aromatic rings. The maximum atomic E-state index is 2.18. The summed E-state index contributed by atoms with van der Waals surface area (Å²) >= 11 is 0. The first-order valence-corrected chi connectivity index (χ1v) is 4.48. The van der Waals surface area contributed by atoms with Crippen molar-refractivity contribution in [1.29, 1.82) is 0 Å². The van der Waals surface area contributed by atoms with Crippen molar-refractivity contribution < 1.29 is 0 Å². The van der Waals surface area contributed by atoms with Crippen LogP contribution in [0.2, 0.25) is 0 Å². The molecule has 0 unspecified atom stereocenters. The number of allylic oxidation sites excluding steroid dienone is 4. The summed E-state index contributed by atoms with van der Waals surface area (Å²) in [7, 11) is 0. The van der Waals surface area contributed by atoms with E-state index < -0.39 is 0 Å². The first kappa shape index (κ1) is 13.1. The van der Waals surface area contributed by atoms with E-state index in [0.717, 1.165) is 0 Å². The highest BCUT2D eigenvalue weighted by Gasteiger charge is 1.69. The summed E-state index contributed by atoms with van der Waals surface area (Å²) in [6.45, 7) is 10.5. The molecule has 0 radical (unpaired) electrons. The predicted octanol–water partition coefficient (Wildman–Crippen LogP) is 4.34. The van der Waals surface area contributed by atoms with Crippen LogP contribution in [0.3, 0.4) is 0 Å². The van der Waals surface area contributed by atoms with Crippen molar-refractivity contribution in [3.8, 4) is 0 Å². The Hall–Kier alpha value is -0.520. The van der Waals surface area contributed by atoms with E-state index in [9.17, 15) is 0 Å². The molecule has 11 heavy (non-hydrogen) atoms. The van der Waals surface area contributed by atoms with Gasteiger partial charge in [-0.05, 0) is 20.8 Å². The highest BCUT2D eigenvalue weighted by molar-refractivity contribution is 5.13. The molecular formula is C11H22. The molecule has 0 heterocycles. The summed E-state index contributed by atoms with van der Waals surface area (Å²) in [5, 5.41) is 0. The number of hydrogen-bond acceptors (Lipinski definition) is 0. The Balaban J connectivity index is 0. The number of rotatable bonds is 2. The lowest BCUT2D eigenvalue weighted by atomic mass is 10.3. The van der Waals surface area contributed by atoms with Crippen LogP contribution in [0.1, 0.15) is 47.5 Å². The third-order valence-electron chi connectivity index (χ3n) is 1.38. The van der Waals surface area contributed by atoms with Gasteiger partial charge in [-0.15, -0.1) is 0 Å². The topological polar surface area (TPSA) is 0 Å². The first-order valence-electron chi connectivity index (χ1n) is 4.48. The fourth-order valence-corrected chi connectivity index (χ4v) is 0.359. The van der Waals surface area contributed by atoms with Gasteiger partial charge in [0.2, 0.25) is 0 Å². The van der Waals surface area contributed by atoms with Crippen LogP contribution in [-0.4, -0.2) is 0 Å². The number of unbranched alkanes of at least 4 members (excludes halogenated alkanes) is 1. The van der Waals surface area contributed by atoms with E-state index in [0.29, 0.717) is 0 Å². The first-order chi connectivity index (χ1) is 5.22. The molecular weight excluding hydrogens is 132 g/mol. The highest BCUT2D eigenvalue weighted by atomic mass is 13.8. The highest BCUT2D eigenvalue weighted by Crippen LogP contribution is 1.91. The van der Waals surface area contributed by atoms with Crippen LogP contribution in [0.5, 0.6) is 0 Å². The summed E-state index contributed by atoms with van der Waals surface area (Å²) in [5.41, 5.74) is 1.32.